The van der Waals surface area contributed by atoms with Crippen LogP contribution in [0.5, 0.6) is 0 Å². The minimum absolute atomic E-state index is 0.0906. The fraction of sp³-hybridized carbons (Fsp3) is 0.786. The molecule has 0 amide bonds. The van der Waals surface area contributed by atoms with E-state index in [-0.39, 0.29) is 5.97 Å². The molecule has 1 rings (SSSR count). The van der Waals surface area contributed by atoms with Crippen molar-refractivity contribution in [2.45, 2.75) is 52.4 Å². The third kappa shape index (κ3) is 5.70. The lowest BCUT2D eigenvalue weighted by Gasteiger charge is -2.17. The van der Waals surface area contributed by atoms with Gasteiger partial charge in [0.15, 0.2) is 0 Å². The quantitative estimate of drug-likeness (QED) is 0.481. The Balaban J connectivity index is 2.38. The van der Waals surface area contributed by atoms with Gasteiger partial charge in [-0.3, -0.25) is 0 Å². The monoisotopic (exact) mass is 288 g/mol. The molecule has 4 heteroatoms. The molecule has 0 atom stereocenters. The molecular formula is C14H24O2S2. The lowest BCUT2D eigenvalue weighted by atomic mass is 10.2. The molecule has 0 spiro atoms. The zero-order valence-electron chi connectivity index (χ0n) is 11.5. The Labute approximate surface area is 119 Å². The van der Waals surface area contributed by atoms with Gasteiger partial charge >= 0.3 is 5.97 Å². The summed E-state index contributed by atoms with van der Waals surface area (Å²) < 4.78 is 5.37. The third-order valence-electron chi connectivity index (χ3n) is 2.75. The molecular weight excluding hydrogens is 264 g/mol. The normalized spacial score (nSPS) is 15.9. The van der Waals surface area contributed by atoms with Crippen LogP contribution in [0.1, 0.15) is 52.4 Å². The third-order valence-corrected chi connectivity index (χ3v) is 5.42. The van der Waals surface area contributed by atoms with Gasteiger partial charge in [0.1, 0.15) is 4.91 Å². The molecule has 0 saturated carbocycles. The smallest absolute Gasteiger partial charge is 0.345 e. The van der Waals surface area contributed by atoms with E-state index in [9.17, 15) is 4.79 Å². The summed E-state index contributed by atoms with van der Waals surface area (Å²) in [4.78, 5) is 14.1. The van der Waals surface area contributed by atoms with Crippen LogP contribution in [0.25, 0.3) is 0 Å². The van der Waals surface area contributed by atoms with E-state index in [0.29, 0.717) is 6.61 Å². The maximum absolute atomic E-state index is 12.0. The molecule has 0 aromatic rings. The summed E-state index contributed by atoms with van der Waals surface area (Å²) in [5, 5.41) is 0. The van der Waals surface area contributed by atoms with E-state index in [0.717, 1.165) is 42.1 Å². The highest BCUT2D eigenvalue weighted by molar-refractivity contribution is 8.10. The molecule has 0 saturated heterocycles. The summed E-state index contributed by atoms with van der Waals surface area (Å²) in [6.45, 7) is 4.91. The molecule has 2 nitrogen and oxygen atoms in total. The zero-order valence-corrected chi connectivity index (χ0v) is 13.1. The van der Waals surface area contributed by atoms with E-state index in [1.807, 2.05) is 11.8 Å². The molecule has 0 N–H and O–H groups in total. The zero-order chi connectivity index (χ0) is 13.2. The number of allylic oxidation sites excluding steroid dienone is 1. The number of hydrogen-bond acceptors (Lipinski definition) is 4. The van der Waals surface area contributed by atoms with E-state index in [4.69, 9.17) is 4.74 Å². The van der Waals surface area contributed by atoms with Gasteiger partial charge in [-0.05, 0) is 12.8 Å². The lowest BCUT2D eigenvalue weighted by Crippen LogP contribution is -2.12. The van der Waals surface area contributed by atoms with Crippen molar-refractivity contribution in [1.29, 1.82) is 0 Å². The summed E-state index contributed by atoms with van der Waals surface area (Å²) in [5.74, 6) is 2.05. The predicted molar refractivity (Wildman–Crippen MR) is 82.0 cm³/mol. The first kappa shape index (κ1) is 16.0. The second-order valence-corrected chi connectivity index (χ2v) is 6.69. The van der Waals surface area contributed by atoms with Crippen molar-refractivity contribution in [3.63, 3.8) is 0 Å². The van der Waals surface area contributed by atoms with E-state index in [1.165, 1.54) is 17.7 Å². The van der Waals surface area contributed by atoms with E-state index in [1.54, 1.807) is 11.8 Å². The molecule has 1 aliphatic heterocycles. The fourth-order valence-corrected chi connectivity index (χ4v) is 4.27. The minimum Gasteiger partial charge on any atom is -0.462 e. The Bertz CT molecular complexity index is 288. The van der Waals surface area contributed by atoms with Crippen molar-refractivity contribution < 1.29 is 9.53 Å². The van der Waals surface area contributed by atoms with Crippen LogP contribution in [-0.4, -0.2) is 24.1 Å². The Kier molecular flexibility index (Phi) is 8.68. The van der Waals surface area contributed by atoms with Crippen LogP contribution in [0, 0.1) is 0 Å². The summed E-state index contributed by atoms with van der Waals surface area (Å²) in [7, 11) is 0. The molecule has 0 unspecified atom stereocenters. The number of carbonyl (C=O) groups excluding carboxylic acids is 1. The van der Waals surface area contributed by atoms with Crippen LogP contribution in [0.4, 0.5) is 0 Å². The standard InChI is InChI=1S/C14H24O2S2/c1-3-5-6-7-9-16-14(15)13-12(8-4-2)17-10-11-18-13/h3-11H2,1-2H3. The fourth-order valence-electron chi connectivity index (χ4n) is 1.80. The minimum atomic E-state index is -0.0906. The average Bonchev–Trinajstić information content (AvgIpc) is 2.39. The highest BCUT2D eigenvalue weighted by Gasteiger charge is 2.21. The first-order valence-electron chi connectivity index (χ1n) is 6.95. The van der Waals surface area contributed by atoms with Crippen LogP contribution in [-0.2, 0) is 9.53 Å². The molecule has 104 valence electrons. The van der Waals surface area contributed by atoms with Crippen molar-refractivity contribution in [1.82, 2.24) is 0 Å². The Morgan fingerprint density at radius 1 is 1.11 bits per heavy atom. The van der Waals surface area contributed by atoms with Crippen LogP contribution in [0.2, 0.25) is 0 Å². The molecule has 1 aliphatic rings. The van der Waals surface area contributed by atoms with Crippen molar-refractivity contribution in [2.24, 2.45) is 0 Å². The first-order valence-corrected chi connectivity index (χ1v) is 8.92. The van der Waals surface area contributed by atoms with Crippen LogP contribution >= 0.6 is 23.5 Å². The Hall–Kier alpha value is -0.0900. The Morgan fingerprint density at radius 3 is 2.61 bits per heavy atom. The van der Waals surface area contributed by atoms with Gasteiger partial charge in [0, 0.05) is 16.4 Å². The Morgan fingerprint density at radius 2 is 1.89 bits per heavy atom. The molecule has 0 fully saturated rings. The van der Waals surface area contributed by atoms with Crippen molar-refractivity contribution in [3.8, 4) is 0 Å². The maximum atomic E-state index is 12.0. The number of thioether (sulfide) groups is 2. The first-order chi connectivity index (χ1) is 8.79. The number of esters is 1. The van der Waals surface area contributed by atoms with Gasteiger partial charge in [-0.25, -0.2) is 4.79 Å². The van der Waals surface area contributed by atoms with E-state index >= 15 is 0 Å². The summed E-state index contributed by atoms with van der Waals surface area (Å²) in [5.41, 5.74) is 0. The van der Waals surface area contributed by atoms with Gasteiger partial charge in [0.05, 0.1) is 6.61 Å². The molecule has 0 aliphatic carbocycles. The molecule has 0 bridgehead atoms. The number of ether oxygens (including phenoxy) is 1. The second-order valence-electron chi connectivity index (χ2n) is 4.40. The van der Waals surface area contributed by atoms with Crippen molar-refractivity contribution >= 4 is 29.5 Å². The molecule has 0 aromatic carbocycles. The SMILES string of the molecule is CCCCCCOC(=O)C1=C(CCC)SCCS1. The van der Waals surface area contributed by atoms with Gasteiger partial charge in [-0.2, -0.15) is 0 Å². The lowest BCUT2D eigenvalue weighted by molar-refractivity contribution is -0.138. The highest BCUT2D eigenvalue weighted by Crippen LogP contribution is 2.37. The van der Waals surface area contributed by atoms with E-state index in [2.05, 4.69) is 13.8 Å². The molecule has 18 heavy (non-hydrogen) atoms. The van der Waals surface area contributed by atoms with Gasteiger partial charge in [-0.1, -0.05) is 39.5 Å². The maximum Gasteiger partial charge on any atom is 0.345 e. The van der Waals surface area contributed by atoms with Gasteiger partial charge in [-0.15, -0.1) is 23.5 Å². The van der Waals surface area contributed by atoms with Crippen LogP contribution in [0.15, 0.2) is 9.81 Å². The predicted octanol–water partition coefficient (Wildman–Crippen LogP) is 4.60. The van der Waals surface area contributed by atoms with E-state index < -0.39 is 0 Å². The van der Waals surface area contributed by atoms with Gasteiger partial charge < -0.3 is 4.74 Å². The van der Waals surface area contributed by atoms with Crippen molar-refractivity contribution in [2.75, 3.05) is 18.1 Å². The highest BCUT2D eigenvalue weighted by atomic mass is 32.2. The van der Waals surface area contributed by atoms with Crippen LogP contribution < -0.4 is 0 Å². The largest absolute Gasteiger partial charge is 0.462 e. The molecule has 0 aromatic heterocycles. The summed E-state index contributed by atoms with van der Waals surface area (Å²) >= 11 is 3.50. The van der Waals surface area contributed by atoms with Gasteiger partial charge in [0.25, 0.3) is 0 Å². The summed E-state index contributed by atoms with van der Waals surface area (Å²) in [6.07, 6.45) is 6.70. The number of carbonyl (C=O) groups is 1. The second kappa shape index (κ2) is 9.79. The molecule has 1 heterocycles. The average molecular weight is 288 g/mol. The van der Waals surface area contributed by atoms with Gasteiger partial charge in [0.2, 0.25) is 0 Å². The summed E-state index contributed by atoms with van der Waals surface area (Å²) in [6, 6.07) is 0. The molecule has 0 radical (unpaired) electrons. The van der Waals surface area contributed by atoms with Crippen molar-refractivity contribution in [3.05, 3.63) is 9.81 Å². The number of hydrogen-bond donors (Lipinski definition) is 0. The topological polar surface area (TPSA) is 26.3 Å². The number of unbranched alkanes of at least 4 members (excludes halogenated alkanes) is 3. The number of rotatable bonds is 8. The van der Waals surface area contributed by atoms with Crippen LogP contribution in [0.3, 0.4) is 0 Å².